The average molecular weight is 275 g/mol. The van der Waals surface area contributed by atoms with Crippen molar-refractivity contribution in [3.63, 3.8) is 0 Å². The largest absolute Gasteiger partial charge is 0.493 e. The Morgan fingerprint density at radius 3 is 2.75 bits per heavy atom. The van der Waals surface area contributed by atoms with Crippen molar-refractivity contribution in [2.45, 2.75) is 64.3 Å². The minimum Gasteiger partial charge on any atom is -0.493 e. The smallest absolute Gasteiger partial charge is 0.124 e. The van der Waals surface area contributed by atoms with Crippen molar-refractivity contribution in [1.29, 1.82) is 0 Å². The molecule has 1 unspecified atom stereocenters. The van der Waals surface area contributed by atoms with Gasteiger partial charge in [0.25, 0.3) is 0 Å². The molecule has 20 heavy (non-hydrogen) atoms. The number of hydrogen-bond donors (Lipinski definition) is 1. The SMILES string of the molecule is CCCOc1ccccc1C1(CCC)CCCCCN1. The number of benzene rings is 1. The van der Waals surface area contributed by atoms with Gasteiger partial charge in [-0.3, -0.25) is 0 Å². The maximum Gasteiger partial charge on any atom is 0.124 e. The molecule has 1 heterocycles. The molecule has 1 aromatic rings. The van der Waals surface area contributed by atoms with E-state index in [1.54, 1.807) is 0 Å². The lowest BCUT2D eigenvalue weighted by Crippen LogP contribution is -2.42. The minimum absolute atomic E-state index is 0.121. The van der Waals surface area contributed by atoms with E-state index < -0.39 is 0 Å². The Balaban J connectivity index is 2.32. The molecule has 0 aromatic heterocycles. The van der Waals surface area contributed by atoms with Crippen molar-refractivity contribution in [2.75, 3.05) is 13.2 Å². The first-order valence-electron chi connectivity index (χ1n) is 8.30. The van der Waals surface area contributed by atoms with E-state index in [0.717, 1.165) is 25.3 Å². The summed E-state index contributed by atoms with van der Waals surface area (Å²) in [6.07, 6.45) is 8.64. The molecule has 1 aliphatic heterocycles. The van der Waals surface area contributed by atoms with Gasteiger partial charge in [-0.2, -0.15) is 0 Å². The van der Waals surface area contributed by atoms with Gasteiger partial charge in [-0.25, -0.2) is 0 Å². The number of ether oxygens (including phenoxy) is 1. The van der Waals surface area contributed by atoms with Crippen LogP contribution in [-0.2, 0) is 5.54 Å². The molecule has 0 amide bonds. The first kappa shape index (κ1) is 15.4. The Bertz CT molecular complexity index is 394. The fourth-order valence-electron chi connectivity index (χ4n) is 3.35. The van der Waals surface area contributed by atoms with Crippen molar-refractivity contribution in [3.8, 4) is 5.75 Å². The Hall–Kier alpha value is -1.02. The quantitative estimate of drug-likeness (QED) is 0.817. The normalized spacial score (nSPS) is 23.3. The summed E-state index contributed by atoms with van der Waals surface area (Å²) >= 11 is 0. The van der Waals surface area contributed by atoms with Gasteiger partial charge < -0.3 is 10.1 Å². The highest BCUT2D eigenvalue weighted by Gasteiger charge is 2.33. The molecule has 0 bridgehead atoms. The summed E-state index contributed by atoms with van der Waals surface area (Å²) in [4.78, 5) is 0. The third kappa shape index (κ3) is 3.54. The predicted molar refractivity (Wildman–Crippen MR) is 85.3 cm³/mol. The van der Waals surface area contributed by atoms with E-state index in [9.17, 15) is 0 Å². The summed E-state index contributed by atoms with van der Waals surface area (Å²) in [5, 5.41) is 3.85. The van der Waals surface area contributed by atoms with Crippen LogP contribution in [0.2, 0.25) is 0 Å². The van der Waals surface area contributed by atoms with Crippen molar-refractivity contribution >= 4 is 0 Å². The molecule has 0 spiro atoms. The standard InChI is InChI=1S/C18H29NO/c1-3-12-18(13-8-5-9-14-19-18)16-10-6-7-11-17(16)20-15-4-2/h6-7,10-11,19H,3-5,8-9,12-15H2,1-2H3. The maximum atomic E-state index is 6.01. The zero-order valence-electron chi connectivity index (χ0n) is 13.1. The molecule has 2 nitrogen and oxygen atoms in total. The van der Waals surface area contributed by atoms with Crippen LogP contribution < -0.4 is 10.1 Å². The van der Waals surface area contributed by atoms with Gasteiger partial charge in [0, 0.05) is 11.1 Å². The average Bonchev–Trinajstić information content (AvgIpc) is 2.72. The van der Waals surface area contributed by atoms with Crippen LogP contribution in [0.4, 0.5) is 0 Å². The number of nitrogens with one attached hydrogen (secondary N) is 1. The Morgan fingerprint density at radius 1 is 1.10 bits per heavy atom. The fourth-order valence-corrected chi connectivity index (χ4v) is 3.35. The van der Waals surface area contributed by atoms with Crippen molar-refractivity contribution < 1.29 is 4.74 Å². The molecule has 1 aliphatic rings. The lowest BCUT2D eigenvalue weighted by atomic mass is 9.81. The van der Waals surface area contributed by atoms with E-state index in [4.69, 9.17) is 4.74 Å². The van der Waals surface area contributed by atoms with E-state index >= 15 is 0 Å². The third-order valence-electron chi connectivity index (χ3n) is 4.28. The van der Waals surface area contributed by atoms with E-state index in [2.05, 4.69) is 43.4 Å². The van der Waals surface area contributed by atoms with Gasteiger partial charge in [0.15, 0.2) is 0 Å². The molecule has 112 valence electrons. The van der Waals surface area contributed by atoms with Gasteiger partial charge in [0.1, 0.15) is 5.75 Å². The summed E-state index contributed by atoms with van der Waals surface area (Å²) in [5.41, 5.74) is 1.49. The molecule has 1 saturated heterocycles. The Kier molecular flexibility index (Phi) is 5.90. The zero-order chi connectivity index (χ0) is 14.3. The zero-order valence-corrected chi connectivity index (χ0v) is 13.1. The van der Waals surface area contributed by atoms with E-state index in [-0.39, 0.29) is 5.54 Å². The predicted octanol–water partition coefficient (Wildman–Crippen LogP) is 4.63. The molecule has 1 aromatic carbocycles. The summed E-state index contributed by atoms with van der Waals surface area (Å²) in [6, 6.07) is 8.64. The van der Waals surface area contributed by atoms with Gasteiger partial charge in [0.2, 0.25) is 0 Å². The second-order valence-corrected chi connectivity index (χ2v) is 5.91. The lowest BCUT2D eigenvalue weighted by Gasteiger charge is -2.35. The molecule has 1 atom stereocenters. The highest BCUT2D eigenvalue weighted by molar-refractivity contribution is 5.39. The van der Waals surface area contributed by atoms with Crippen LogP contribution in [0.25, 0.3) is 0 Å². The van der Waals surface area contributed by atoms with Gasteiger partial charge >= 0.3 is 0 Å². The molecule has 0 radical (unpaired) electrons. The second kappa shape index (κ2) is 7.68. The van der Waals surface area contributed by atoms with Gasteiger partial charge in [-0.05, 0) is 38.3 Å². The molecular weight excluding hydrogens is 246 g/mol. The van der Waals surface area contributed by atoms with Crippen LogP contribution in [0, 0.1) is 0 Å². The molecule has 2 heteroatoms. The monoisotopic (exact) mass is 275 g/mol. The third-order valence-corrected chi connectivity index (χ3v) is 4.28. The van der Waals surface area contributed by atoms with Crippen LogP contribution in [0.3, 0.4) is 0 Å². The Morgan fingerprint density at radius 2 is 1.95 bits per heavy atom. The first-order valence-corrected chi connectivity index (χ1v) is 8.30. The van der Waals surface area contributed by atoms with Crippen molar-refractivity contribution in [1.82, 2.24) is 5.32 Å². The van der Waals surface area contributed by atoms with Gasteiger partial charge in [-0.15, -0.1) is 0 Å². The molecule has 2 rings (SSSR count). The van der Waals surface area contributed by atoms with Crippen LogP contribution in [0.5, 0.6) is 5.75 Å². The Labute approximate surface area is 123 Å². The molecule has 1 N–H and O–H groups in total. The summed E-state index contributed by atoms with van der Waals surface area (Å²) in [5.74, 6) is 1.08. The number of hydrogen-bond acceptors (Lipinski definition) is 2. The molecule has 0 saturated carbocycles. The second-order valence-electron chi connectivity index (χ2n) is 5.91. The first-order chi connectivity index (χ1) is 9.82. The van der Waals surface area contributed by atoms with Crippen LogP contribution in [0.1, 0.15) is 64.4 Å². The van der Waals surface area contributed by atoms with Gasteiger partial charge in [0.05, 0.1) is 6.61 Å². The van der Waals surface area contributed by atoms with Crippen molar-refractivity contribution in [3.05, 3.63) is 29.8 Å². The maximum absolute atomic E-state index is 6.01. The summed E-state index contributed by atoms with van der Waals surface area (Å²) in [7, 11) is 0. The molecular formula is C18H29NO. The summed E-state index contributed by atoms with van der Waals surface area (Å²) < 4.78 is 6.01. The van der Waals surface area contributed by atoms with E-state index in [0.29, 0.717) is 0 Å². The topological polar surface area (TPSA) is 21.3 Å². The van der Waals surface area contributed by atoms with E-state index in [1.807, 2.05) is 0 Å². The van der Waals surface area contributed by atoms with Crippen molar-refractivity contribution in [2.24, 2.45) is 0 Å². The highest BCUT2D eigenvalue weighted by atomic mass is 16.5. The molecule has 0 aliphatic carbocycles. The van der Waals surface area contributed by atoms with Crippen LogP contribution >= 0.6 is 0 Å². The fraction of sp³-hybridized carbons (Fsp3) is 0.667. The van der Waals surface area contributed by atoms with Crippen LogP contribution in [0.15, 0.2) is 24.3 Å². The van der Waals surface area contributed by atoms with Gasteiger partial charge in [-0.1, -0.05) is 51.3 Å². The van der Waals surface area contributed by atoms with E-state index in [1.165, 1.54) is 44.1 Å². The number of para-hydroxylation sites is 1. The minimum atomic E-state index is 0.121. The lowest BCUT2D eigenvalue weighted by molar-refractivity contribution is 0.265. The number of rotatable bonds is 6. The van der Waals surface area contributed by atoms with Crippen LogP contribution in [-0.4, -0.2) is 13.2 Å². The summed E-state index contributed by atoms with van der Waals surface area (Å²) in [6.45, 7) is 6.37. The highest BCUT2D eigenvalue weighted by Crippen LogP contribution is 2.39. The molecule has 1 fully saturated rings.